The van der Waals surface area contributed by atoms with Crippen LogP contribution >= 0.6 is 0 Å². The first-order valence-electron chi connectivity index (χ1n) is 6.03. The molecule has 0 saturated heterocycles. The van der Waals surface area contributed by atoms with Crippen LogP contribution in [0.4, 0.5) is 0 Å². The molecule has 90 valence electrons. The summed E-state index contributed by atoms with van der Waals surface area (Å²) in [5, 5.41) is 10.6. The molecule has 1 aliphatic rings. The molecule has 0 amide bonds. The van der Waals surface area contributed by atoms with E-state index in [1.807, 2.05) is 18.3 Å². The van der Waals surface area contributed by atoms with Gasteiger partial charge in [0.25, 0.3) is 0 Å². The van der Waals surface area contributed by atoms with Crippen LogP contribution < -0.4 is 5.32 Å². The van der Waals surface area contributed by atoms with Gasteiger partial charge in [0.05, 0.1) is 5.69 Å². The van der Waals surface area contributed by atoms with Gasteiger partial charge in [0, 0.05) is 25.9 Å². The van der Waals surface area contributed by atoms with Gasteiger partial charge < -0.3 is 10.4 Å². The Balaban J connectivity index is 0.000000606. The summed E-state index contributed by atoms with van der Waals surface area (Å²) in [5.41, 5.74) is 1.15. The van der Waals surface area contributed by atoms with E-state index in [1.165, 1.54) is 32.1 Å². The first kappa shape index (κ1) is 13.1. The molecule has 0 atom stereocenters. The minimum Gasteiger partial charge on any atom is -0.400 e. The average Bonchev–Trinajstić information content (AvgIpc) is 2.41. The highest BCUT2D eigenvalue weighted by Crippen LogP contribution is 2.17. The quantitative estimate of drug-likeness (QED) is 0.823. The number of nitrogens with zero attached hydrogens (tertiary/aromatic N) is 1. The lowest BCUT2D eigenvalue weighted by Crippen LogP contribution is -2.30. The molecule has 0 unspecified atom stereocenters. The third kappa shape index (κ3) is 4.73. The Morgan fingerprint density at radius 3 is 2.62 bits per heavy atom. The molecular formula is C13H22N2O. The molecule has 1 heterocycles. The zero-order chi connectivity index (χ0) is 11.6. The highest BCUT2D eigenvalue weighted by atomic mass is 16.2. The van der Waals surface area contributed by atoms with Crippen LogP contribution in [-0.4, -0.2) is 23.2 Å². The molecule has 0 spiro atoms. The Morgan fingerprint density at radius 2 is 2.00 bits per heavy atom. The van der Waals surface area contributed by atoms with Crippen molar-refractivity contribution >= 4 is 0 Å². The van der Waals surface area contributed by atoms with Crippen molar-refractivity contribution in [1.82, 2.24) is 10.3 Å². The molecule has 1 fully saturated rings. The Kier molecular flexibility index (Phi) is 6.77. The summed E-state index contributed by atoms with van der Waals surface area (Å²) in [6, 6.07) is 6.82. The van der Waals surface area contributed by atoms with E-state index in [1.54, 1.807) is 0 Å². The van der Waals surface area contributed by atoms with E-state index in [-0.39, 0.29) is 0 Å². The van der Waals surface area contributed by atoms with Crippen molar-refractivity contribution in [2.24, 2.45) is 0 Å². The second kappa shape index (κ2) is 8.25. The summed E-state index contributed by atoms with van der Waals surface area (Å²) in [6.07, 6.45) is 8.74. The van der Waals surface area contributed by atoms with Gasteiger partial charge in [-0.3, -0.25) is 4.98 Å². The number of hydrogen-bond acceptors (Lipinski definition) is 3. The molecule has 16 heavy (non-hydrogen) atoms. The largest absolute Gasteiger partial charge is 0.400 e. The van der Waals surface area contributed by atoms with Crippen molar-refractivity contribution in [3.05, 3.63) is 30.1 Å². The zero-order valence-electron chi connectivity index (χ0n) is 10.0. The van der Waals surface area contributed by atoms with E-state index < -0.39 is 0 Å². The molecule has 0 aromatic carbocycles. The minimum atomic E-state index is 0.728. The van der Waals surface area contributed by atoms with Crippen molar-refractivity contribution in [2.45, 2.75) is 44.7 Å². The van der Waals surface area contributed by atoms with Gasteiger partial charge in [0.1, 0.15) is 0 Å². The van der Waals surface area contributed by atoms with Crippen LogP contribution in [0.3, 0.4) is 0 Å². The van der Waals surface area contributed by atoms with E-state index in [9.17, 15) is 0 Å². The van der Waals surface area contributed by atoms with E-state index in [0.29, 0.717) is 0 Å². The van der Waals surface area contributed by atoms with Crippen molar-refractivity contribution in [2.75, 3.05) is 7.11 Å². The highest BCUT2D eigenvalue weighted by molar-refractivity contribution is 5.03. The van der Waals surface area contributed by atoms with Crippen molar-refractivity contribution in [3.8, 4) is 0 Å². The van der Waals surface area contributed by atoms with Gasteiger partial charge in [0.2, 0.25) is 0 Å². The predicted octanol–water partition coefficient (Wildman–Crippen LogP) is 2.11. The molecule has 0 radical (unpaired) electrons. The number of pyridine rings is 1. The third-order valence-electron chi connectivity index (χ3n) is 2.90. The molecular weight excluding hydrogens is 200 g/mol. The summed E-state index contributed by atoms with van der Waals surface area (Å²) < 4.78 is 0. The molecule has 1 saturated carbocycles. The molecule has 1 aromatic rings. The van der Waals surface area contributed by atoms with E-state index >= 15 is 0 Å². The molecule has 0 aliphatic heterocycles. The summed E-state index contributed by atoms with van der Waals surface area (Å²) >= 11 is 0. The molecule has 1 aromatic heterocycles. The van der Waals surface area contributed by atoms with Crippen LogP contribution in [0.2, 0.25) is 0 Å². The maximum absolute atomic E-state index is 7.00. The fourth-order valence-corrected chi connectivity index (χ4v) is 2.06. The Bertz CT molecular complexity index is 258. The molecule has 1 aliphatic carbocycles. The second-order valence-electron chi connectivity index (χ2n) is 4.04. The first-order valence-corrected chi connectivity index (χ1v) is 6.03. The average molecular weight is 222 g/mol. The van der Waals surface area contributed by atoms with Gasteiger partial charge in [-0.05, 0) is 25.0 Å². The lowest BCUT2D eigenvalue weighted by molar-refractivity contribution is 0.371. The summed E-state index contributed by atoms with van der Waals surface area (Å²) in [7, 11) is 1.00. The van der Waals surface area contributed by atoms with Gasteiger partial charge in [0.15, 0.2) is 0 Å². The van der Waals surface area contributed by atoms with E-state index in [4.69, 9.17) is 5.11 Å². The Labute approximate surface area is 97.9 Å². The van der Waals surface area contributed by atoms with Gasteiger partial charge >= 0.3 is 0 Å². The summed E-state index contributed by atoms with van der Waals surface area (Å²) in [6.45, 7) is 0.922. The molecule has 2 N–H and O–H groups in total. The van der Waals surface area contributed by atoms with Crippen molar-refractivity contribution in [1.29, 1.82) is 0 Å². The Hall–Kier alpha value is -0.930. The SMILES string of the molecule is CO.c1ccc(CNC2CCCCC2)nc1. The maximum atomic E-state index is 7.00. The maximum Gasteiger partial charge on any atom is 0.0541 e. The van der Waals surface area contributed by atoms with Crippen LogP contribution in [0.15, 0.2) is 24.4 Å². The van der Waals surface area contributed by atoms with Gasteiger partial charge in [-0.25, -0.2) is 0 Å². The summed E-state index contributed by atoms with van der Waals surface area (Å²) in [5.74, 6) is 0. The second-order valence-corrected chi connectivity index (χ2v) is 4.04. The van der Waals surface area contributed by atoms with Crippen LogP contribution in [0, 0.1) is 0 Å². The summed E-state index contributed by atoms with van der Waals surface area (Å²) in [4.78, 5) is 4.30. The van der Waals surface area contributed by atoms with Gasteiger partial charge in [-0.2, -0.15) is 0 Å². The van der Waals surface area contributed by atoms with Crippen molar-refractivity contribution in [3.63, 3.8) is 0 Å². The van der Waals surface area contributed by atoms with E-state index in [0.717, 1.165) is 25.4 Å². The number of aromatic nitrogens is 1. The normalized spacial score (nSPS) is 16.4. The first-order chi connectivity index (χ1) is 7.95. The molecule has 0 bridgehead atoms. The third-order valence-corrected chi connectivity index (χ3v) is 2.90. The van der Waals surface area contributed by atoms with Crippen molar-refractivity contribution < 1.29 is 5.11 Å². The smallest absolute Gasteiger partial charge is 0.0541 e. The lowest BCUT2D eigenvalue weighted by atomic mass is 9.95. The topological polar surface area (TPSA) is 45.1 Å². The van der Waals surface area contributed by atoms with Crippen LogP contribution in [0.25, 0.3) is 0 Å². The monoisotopic (exact) mass is 222 g/mol. The van der Waals surface area contributed by atoms with Crippen LogP contribution in [0.5, 0.6) is 0 Å². The number of hydrogen-bond donors (Lipinski definition) is 2. The number of nitrogens with one attached hydrogen (secondary N) is 1. The predicted molar refractivity (Wildman–Crippen MR) is 66.1 cm³/mol. The number of rotatable bonds is 3. The fourth-order valence-electron chi connectivity index (χ4n) is 2.06. The van der Waals surface area contributed by atoms with E-state index in [2.05, 4.69) is 16.4 Å². The molecule has 3 heteroatoms. The molecule has 3 nitrogen and oxygen atoms in total. The number of aliphatic hydroxyl groups excluding tert-OH is 1. The lowest BCUT2D eigenvalue weighted by Gasteiger charge is -2.22. The number of aliphatic hydroxyl groups is 1. The zero-order valence-corrected chi connectivity index (χ0v) is 10.0. The molecule has 2 rings (SSSR count). The van der Waals surface area contributed by atoms with Gasteiger partial charge in [-0.15, -0.1) is 0 Å². The fraction of sp³-hybridized carbons (Fsp3) is 0.615. The van der Waals surface area contributed by atoms with Crippen LogP contribution in [-0.2, 0) is 6.54 Å². The highest BCUT2D eigenvalue weighted by Gasteiger charge is 2.12. The van der Waals surface area contributed by atoms with Crippen LogP contribution in [0.1, 0.15) is 37.8 Å². The Morgan fingerprint density at radius 1 is 1.25 bits per heavy atom. The van der Waals surface area contributed by atoms with Gasteiger partial charge in [-0.1, -0.05) is 25.3 Å². The minimum absolute atomic E-state index is 0.728. The standard InChI is InChI=1S/C12H18N2.CH4O/c1-2-6-11(7-3-1)14-10-12-8-4-5-9-13-12;1-2/h4-5,8-9,11,14H,1-3,6-7,10H2;2H,1H3.